The number of hydrogen-bond donors (Lipinski definition) is 1. The third kappa shape index (κ3) is 2.88. The van der Waals surface area contributed by atoms with Crippen LogP contribution in [0.25, 0.3) is 16.6 Å². The summed E-state index contributed by atoms with van der Waals surface area (Å²) in [6.07, 6.45) is 3.84. The molecule has 0 bridgehead atoms. The molecule has 0 unspecified atom stereocenters. The molecular weight excluding hydrogens is 346 g/mol. The summed E-state index contributed by atoms with van der Waals surface area (Å²) in [4.78, 5) is 26.5. The average Bonchev–Trinajstić information content (AvgIpc) is 3.15. The topological polar surface area (TPSA) is 55.5 Å². The Kier molecular flexibility index (Phi) is 4.26. The van der Waals surface area contributed by atoms with Gasteiger partial charge in [0.1, 0.15) is 12.1 Å². The summed E-state index contributed by atoms with van der Waals surface area (Å²) in [5.74, 6) is -0.230. The third-order valence-corrected chi connectivity index (χ3v) is 5.03. The lowest BCUT2D eigenvalue weighted by Crippen LogP contribution is -2.29. The molecule has 0 radical (unpaired) electrons. The highest BCUT2D eigenvalue weighted by molar-refractivity contribution is 7.98. The summed E-state index contributed by atoms with van der Waals surface area (Å²) in [6.45, 7) is -0.0372. The number of nitrogens with one attached hydrogen (secondary N) is 1. The minimum atomic E-state index is -0.230. The minimum Gasteiger partial charge on any atom is -0.324 e. The van der Waals surface area contributed by atoms with E-state index in [1.165, 1.54) is 4.57 Å². The lowest BCUT2D eigenvalue weighted by atomic mass is 10.2. The third-order valence-electron chi connectivity index (χ3n) is 4.30. The molecule has 0 atom stereocenters. The SMILES string of the molecule is CSc1cccc(NC(=O)Cn2c(=O)c3cccn3c3ccccc32)c1. The number of aromatic nitrogens is 2. The molecule has 0 aliphatic heterocycles. The van der Waals surface area contributed by atoms with Gasteiger partial charge in [-0.15, -0.1) is 11.8 Å². The first-order valence-electron chi connectivity index (χ1n) is 8.20. The lowest BCUT2D eigenvalue weighted by molar-refractivity contribution is -0.116. The second kappa shape index (κ2) is 6.72. The van der Waals surface area contributed by atoms with Gasteiger partial charge in [0.15, 0.2) is 0 Å². The highest BCUT2D eigenvalue weighted by atomic mass is 32.2. The van der Waals surface area contributed by atoms with Gasteiger partial charge in [-0.1, -0.05) is 18.2 Å². The molecule has 6 heteroatoms. The maximum absolute atomic E-state index is 12.9. The van der Waals surface area contributed by atoms with Crippen molar-refractivity contribution >= 4 is 39.9 Å². The maximum Gasteiger partial charge on any atom is 0.275 e. The number of carbonyl (C=O) groups excluding carboxylic acids is 1. The Morgan fingerprint density at radius 2 is 1.77 bits per heavy atom. The summed E-state index contributed by atoms with van der Waals surface area (Å²) in [5, 5.41) is 2.88. The van der Waals surface area contributed by atoms with Crippen molar-refractivity contribution in [1.29, 1.82) is 0 Å². The lowest BCUT2D eigenvalue weighted by Gasteiger charge is -2.13. The van der Waals surface area contributed by atoms with Gasteiger partial charge in [-0.05, 0) is 48.7 Å². The van der Waals surface area contributed by atoms with Gasteiger partial charge < -0.3 is 9.72 Å². The van der Waals surface area contributed by atoms with Gasteiger partial charge in [0.05, 0.1) is 11.0 Å². The van der Waals surface area contributed by atoms with E-state index >= 15 is 0 Å². The number of para-hydroxylation sites is 2. The molecule has 4 rings (SSSR count). The molecule has 1 N–H and O–H groups in total. The van der Waals surface area contributed by atoms with Crippen molar-refractivity contribution in [2.75, 3.05) is 11.6 Å². The number of amides is 1. The van der Waals surface area contributed by atoms with Crippen LogP contribution in [0.1, 0.15) is 0 Å². The van der Waals surface area contributed by atoms with Crippen molar-refractivity contribution in [2.24, 2.45) is 0 Å². The predicted octanol–water partition coefficient (Wildman–Crippen LogP) is 3.61. The van der Waals surface area contributed by atoms with Gasteiger partial charge in [0, 0.05) is 16.8 Å². The zero-order valence-electron chi connectivity index (χ0n) is 14.2. The molecule has 0 aliphatic rings. The van der Waals surface area contributed by atoms with Crippen molar-refractivity contribution < 1.29 is 4.79 Å². The van der Waals surface area contributed by atoms with Crippen LogP contribution >= 0.6 is 11.8 Å². The molecule has 5 nitrogen and oxygen atoms in total. The molecule has 0 aliphatic carbocycles. The van der Waals surface area contributed by atoms with Crippen LogP contribution in [-0.4, -0.2) is 21.1 Å². The molecule has 2 aromatic carbocycles. The molecule has 2 heterocycles. The summed E-state index contributed by atoms with van der Waals surface area (Å²) < 4.78 is 3.38. The number of fused-ring (bicyclic) bond motifs is 3. The van der Waals surface area contributed by atoms with Crippen molar-refractivity contribution in [3.8, 4) is 0 Å². The predicted molar refractivity (Wildman–Crippen MR) is 106 cm³/mol. The van der Waals surface area contributed by atoms with Crippen LogP contribution in [0.5, 0.6) is 0 Å². The number of thioether (sulfide) groups is 1. The van der Waals surface area contributed by atoms with Crippen LogP contribution in [0.15, 0.2) is 76.6 Å². The van der Waals surface area contributed by atoms with Crippen LogP contribution in [0.3, 0.4) is 0 Å². The molecule has 130 valence electrons. The second-order valence-corrected chi connectivity index (χ2v) is 6.80. The normalized spacial score (nSPS) is 11.1. The number of nitrogens with zero attached hydrogens (tertiary/aromatic N) is 2. The standard InChI is InChI=1S/C20H17N3O2S/c1-26-15-7-4-6-14(12-15)21-19(24)13-23-17-9-3-2-8-16(17)22-11-5-10-18(22)20(23)25/h2-12H,13H2,1H3,(H,21,24). The van der Waals surface area contributed by atoms with Crippen molar-refractivity contribution in [3.63, 3.8) is 0 Å². The first kappa shape index (κ1) is 16.5. The Labute approximate surface area is 154 Å². The number of rotatable bonds is 4. The van der Waals surface area contributed by atoms with Crippen LogP contribution in [-0.2, 0) is 11.3 Å². The van der Waals surface area contributed by atoms with Gasteiger partial charge in [-0.2, -0.15) is 0 Å². The van der Waals surface area contributed by atoms with Gasteiger partial charge >= 0.3 is 0 Å². The van der Waals surface area contributed by atoms with Crippen LogP contribution in [0.4, 0.5) is 5.69 Å². The molecule has 0 saturated carbocycles. The van der Waals surface area contributed by atoms with E-state index < -0.39 is 0 Å². The van der Waals surface area contributed by atoms with E-state index in [1.54, 1.807) is 17.8 Å². The fraction of sp³-hybridized carbons (Fsp3) is 0.100. The summed E-state index contributed by atoms with van der Waals surface area (Å²) in [6, 6.07) is 18.8. The summed E-state index contributed by atoms with van der Waals surface area (Å²) in [5.41, 5.74) is 2.73. The molecule has 4 aromatic rings. The van der Waals surface area contributed by atoms with Gasteiger partial charge in [-0.25, -0.2) is 0 Å². The molecule has 2 aromatic heterocycles. The first-order valence-corrected chi connectivity index (χ1v) is 9.42. The Hall–Kier alpha value is -2.99. The van der Waals surface area contributed by atoms with Crippen LogP contribution in [0, 0.1) is 0 Å². The van der Waals surface area contributed by atoms with E-state index in [0.29, 0.717) is 5.52 Å². The van der Waals surface area contributed by atoms with Gasteiger partial charge in [0.2, 0.25) is 5.91 Å². The molecule has 0 fully saturated rings. The van der Waals surface area contributed by atoms with E-state index in [0.717, 1.165) is 21.6 Å². The smallest absolute Gasteiger partial charge is 0.275 e. The number of anilines is 1. The Bertz CT molecular complexity index is 1180. The van der Waals surface area contributed by atoms with Gasteiger partial charge in [-0.3, -0.25) is 14.2 Å². The molecule has 0 spiro atoms. The van der Waals surface area contributed by atoms with Crippen LogP contribution < -0.4 is 10.9 Å². The molecule has 1 amide bonds. The second-order valence-electron chi connectivity index (χ2n) is 5.92. The van der Waals surface area contributed by atoms with E-state index in [-0.39, 0.29) is 18.0 Å². The van der Waals surface area contributed by atoms with Gasteiger partial charge in [0.25, 0.3) is 5.56 Å². The zero-order chi connectivity index (χ0) is 18.1. The van der Waals surface area contributed by atoms with Crippen LogP contribution in [0.2, 0.25) is 0 Å². The molecule has 26 heavy (non-hydrogen) atoms. The zero-order valence-corrected chi connectivity index (χ0v) is 15.0. The fourth-order valence-electron chi connectivity index (χ4n) is 3.11. The van der Waals surface area contributed by atoms with E-state index in [2.05, 4.69) is 5.32 Å². The van der Waals surface area contributed by atoms with E-state index in [4.69, 9.17) is 0 Å². The first-order chi connectivity index (χ1) is 12.7. The number of carbonyl (C=O) groups is 1. The quantitative estimate of drug-likeness (QED) is 0.564. The average molecular weight is 363 g/mol. The van der Waals surface area contributed by atoms with Crippen molar-refractivity contribution in [2.45, 2.75) is 11.4 Å². The Morgan fingerprint density at radius 3 is 2.58 bits per heavy atom. The highest BCUT2D eigenvalue weighted by Crippen LogP contribution is 2.19. The highest BCUT2D eigenvalue weighted by Gasteiger charge is 2.13. The number of benzene rings is 2. The Balaban J connectivity index is 1.73. The largest absolute Gasteiger partial charge is 0.324 e. The fourth-order valence-corrected chi connectivity index (χ4v) is 3.57. The maximum atomic E-state index is 12.9. The number of hydrogen-bond acceptors (Lipinski definition) is 3. The summed E-state index contributed by atoms with van der Waals surface area (Å²) in [7, 11) is 0. The van der Waals surface area contributed by atoms with Crippen molar-refractivity contribution in [1.82, 2.24) is 8.97 Å². The minimum absolute atomic E-state index is 0.0372. The summed E-state index contributed by atoms with van der Waals surface area (Å²) >= 11 is 1.61. The van der Waals surface area contributed by atoms with E-state index in [1.807, 2.05) is 71.5 Å². The molecule has 0 saturated heterocycles. The van der Waals surface area contributed by atoms with Crippen molar-refractivity contribution in [3.05, 3.63) is 77.2 Å². The monoisotopic (exact) mass is 363 g/mol. The molecular formula is C20H17N3O2S. The Morgan fingerprint density at radius 1 is 1.00 bits per heavy atom. The van der Waals surface area contributed by atoms with E-state index in [9.17, 15) is 9.59 Å².